The van der Waals surface area contributed by atoms with Crippen molar-refractivity contribution in [3.63, 3.8) is 0 Å². The van der Waals surface area contributed by atoms with E-state index in [9.17, 15) is 0 Å². The van der Waals surface area contributed by atoms with Gasteiger partial charge in [-0.3, -0.25) is 4.90 Å². The fourth-order valence-corrected chi connectivity index (χ4v) is 4.11. The molecular formula is C15H30N2O. The highest BCUT2D eigenvalue weighted by Crippen LogP contribution is 2.41. The maximum atomic E-state index is 5.82. The maximum Gasteiger partial charge on any atom is 0.0678 e. The van der Waals surface area contributed by atoms with Gasteiger partial charge in [-0.05, 0) is 45.1 Å². The van der Waals surface area contributed by atoms with E-state index in [1.807, 2.05) is 0 Å². The standard InChI is InChI=1S/C15H30N2O/c1-11-8-17(9-12(2)18-11)10-13-6-7-15(3,4)14(13)16-5/h11-14,16H,6-10H2,1-5H3. The molecule has 1 saturated carbocycles. The highest BCUT2D eigenvalue weighted by atomic mass is 16.5. The molecule has 2 rings (SSSR count). The van der Waals surface area contributed by atoms with Gasteiger partial charge in [0.1, 0.15) is 0 Å². The fraction of sp³-hybridized carbons (Fsp3) is 1.00. The van der Waals surface area contributed by atoms with Gasteiger partial charge in [0.2, 0.25) is 0 Å². The van der Waals surface area contributed by atoms with Gasteiger partial charge in [0, 0.05) is 25.7 Å². The zero-order valence-corrected chi connectivity index (χ0v) is 12.7. The summed E-state index contributed by atoms with van der Waals surface area (Å²) in [6.07, 6.45) is 3.48. The third-order valence-electron chi connectivity index (χ3n) is 4.77. The summed E-state index contributed by atoms with van der Waals surface area (Å²) in [6, 6.07) is 0.658. The summed E-state index contributed by atoms with van der Waals surface area (Å²) in [5, 5.41) is 3.56. The van der Waals surface area contributed by atoms with E-state index in [1.165, 1.54) is 19.4 Å². The number of nitrogens with one attached hydrogen (secondary N) is 1. The van der Waals surface area contributed by atoms with Crippen LogP contribution in [0.4, 0.5) is 0 Å². The Kier molecular flexibility index (Phi) is 4.35. The number of hydrogen-bond donors (Lipinski definition) is 1. The van der Waals surface area contributed by atoms with Crippen molar-refractivity contribution in [2.45, 2.75) is 58.8 Å². The molecule has 0 aromatic heterocycles. The molecule has 1 aliphatic heterocycles. The van der Waals surface area contributed by atoms with Crippen molar-refractivity contribution in [1.82, 2.24) is 10.2 Å². The lowest BCUT2D eigenvalue weighted by Crippen LogP contribution is -2.50. The van der Waals surface area contributed by atoms with Crippen molar-refractivity contribution in [3.8, 4) is 0 Å². The maximum absolute atomic E-state index is 5.82. The predicted octanol–water partition coefficient (Wildman–Crippen LogP) is 2.12. The summed E-state index contributed by atoms with van der Waals surface area (Å²) >= 11 is 0. The number of hydrogen-bond acceptors (Lipinski definition) is 3. The van der Waals surface area contributed by atoms with Gasteiger partial charge >= 0.3 is 0 Å². The van der Waals surface area contributed by atoms with Crippen LogP contribution < -0.4 is 5.32 Å². The zero-order valence-electron chi connectivity index (χ0n) is 12.7. The van der Waals surface area contributed by atoms with Crippen LogP contribution in [0.3, 0.4) is 0 Å². The number of morpholine rings is 1. The molecule has 1 aliphatic carbocycles. The first-order valence-electron chi connectivity index (χ1n) is 7.47. The van der Waals surface area contributed by atoms with E-state index in [4.69, 9.17) is 4.74 Å². The van der Waals surface area contributed by atoms with Crippen molar-refractivity contribution >= 4 is 0 Å². The van der Waals surface area contributed by atoms with E-state index < -0.39 is 0 Å². The second kappa shape index (κ2) is 5.48. The lowest BCUT2D eigenvalue weighted by atomic mass is 9.85. The molecule has 0 aromatic carbocycles. The van der Waals surface area contributed by atoms with Gasteiger partial charge in [0.05, 0.1) is 12.2 Å². The molecular weight excluding hydrogens is 224 g/mol. The first-order chi connectivity index (χ1) is 8.42. The molecule has 2 aliphatic rings. The Balaban J connectivity index is 1.93. The van der Waals surface area contributed by atoms with E-state index in [2.05, 4.69) is 45.0 Å². The first-order valence-corrected chi connectivity index (χ1v) is 7.47. The van der Waals surface area contributed by atoms with E-state index in [-0.39, 0.29) is 0 Å². The minimum atomic E-state index is 0.385. The van der Waals surface area contributed by atoms with Crippen molar-refractivity contribution in [1.29, 1.82) is 0 Å². The van der Waals surface area contributed by atoms with Crippen LogP contribution in [-0.4, -0.2) is 49.8 Å². The Morgan fingerprint density at radius 1 is 1.22 bits per heavy atom. The zero-order chi connectivity index (χ0) is 13.3. The van der Waals surface area contributed by atoms with E-state index in [1.54, 1.807) is 0 Å². The van der Waals surface area contributed by atoms with Crippen LogP contribution in [0.25, 0.3) is 0 Å². The van der Waals surface area contributed by atoms with Gasteiger partial charge in [0.25, 0.3) is 0 Å². The third kappa shape index (κ3) is 3.06. The highest BCUT2D eigenvalue weighted by Gasteiger charge is 2.41. The lowest BCUT2D eigenvalue weighted by Gasteiger charge is -2.38. The minimum absolute atomic E-state index is 0.385. The summed E-state index contributed by atoms with van der Waals surface area (Å²) in [5.41, 5.74) is 0.447. The van der Waals surface area contributed by atoms with Gasteiger partial charge in [-0.1, -0.05) is 13.8 Å². The number of ether oxygens (including phenoxy) is 1. The van der Waals surface area contributed by atoms with E-state index >= 15 is 0 Å². The number of rotatable bonds is 3. The molecule has 4 unspecified atom stereocenters. The molecule has 4 atom stereocenters. The monoisotopic (exact) mass is 254 g/mol. The van der Waals surface area contributed by atoms with Gasteiger partial charge in [-0.15, -0.1) is 0 Å². The molecule has 0 spiro atoms. The summed E-state index contributed by atoms with van der Waals surface area (Å²) in [4.78, 5) is 2.61. The Hall–Kier alpha value is -0.120. The largest absolute Gasteiger partial charge is 0.373 e. The van der Waals surface area contributed by atoms with Crippen LogP contribution in [0, 0.1) is 11.3 Å². The third-order valence-corrected chi connectivity index (χ3v) is 4.77. The predicted molar refractivity (Wildman–Crippen MR) is 75.8 cm³/mol. The first kappa shape index (κ1) is 14.3. The summed E-state index contributed by atoms with van der Waals surface area (Å²) in [5.74, 6) is 0.794. The smallest absolute Gasteiger partial charge is 0.0678 e. The van der Waals surface area contributed by atoms with Gasteiger partial charge in [0.15, 0.2) is 0 Å². The van der Waals surface area contributed by atoms with Crippen molar-refractivity contribution in [2.75, 3.05) is 26.7 Å². The van der Waals surface area contributed by atoms with E-state index in [0.717, 1.165) is 19.0 Å². The van der Waals surface area contributed by atoms with Gasteiger partial charge in [-0.2, -0.15) is 0 Å². The Morgan fingerprint density at radius 3 is 2.39 bits per heavy atom. The van der Waals surface area contributed by atoms with Crippen LogP contribution in [0.5, 0.6) is 0 Å². The fourth-order valence-electron chi connectivity index (χ4n) is 4.11. The molecule has 2 fully saturated rings. The number of nitrogens with zero attached hydrogens (tertiary/aromatic N) is 1. The molecule has 0 amide bonds. The second-order valence-electron chi connectivity index (χ2n) is 7.03. The molecule has 3 nitrogen and oxygen atoms in total. The Labute approximate surface area is 112 Å². The van der Waals surface area contributed by atoms with Gasteiger partial charge in [-0.25, -0.2) is 0 Å². The SMILES string of the molecule is CNC1C(CN2CC(C)OC(C)C2)CCC1(C)C. The van der Waals surface area contributed by atoms with Gasteiger partial charge < -0.3 is 10.1 Å². The Bertz CT molecular complexity index is 270. The molecule has 1 saturated heterocycles. The summed E-state index contributed by atoms with van der Waals surface area (Å²) < 4.78 is 5.82. The average molecular weight is 254 g/mol. The molecule has 0 aromatic rings. The summed E-state index contributed by atoms with van der Waals surface area (Å²) in [7, 11) is 2.12. The molecule has 0 radical (unpaired) electrons. The topological polar surface area (TPSA) is 24.5 Å². The van der Waals surface area contributed by atoms with Crippen molar-refractivity contribution < 1.29 is 4.74 Å². The van der Waals surface area contributed by atoms with Crippen molar-refractivity contribution in [2.24, 2.45) is 11.3 Å². The molecule has 3 heteroatoms. The second-order valence-corrected chi connectivity index (χ2v) is 7.03. The van der Waals surface area contributed by atoms with Crippen LogP contribution in [-0.2, 0) is 4.74 Å². The van der Waals surface area contributed by atoms with Crippen LogP contribution >= 0.6 is 0 Å². The van der Waals surface area contributed by atoms with Crippen molar-refractivity contribution in [3.05, 3.63) is 0 Å². The Morgan fingerprint density at radius 2 is 1.83 bits per heavy atom. The molecule has 1 heterocycles. The molecule has 106 valence electrons. The quantitative estimate of drug-likeness (QED) is 0.835. The lowest BCUT2D eigenvalue weighted by molar-refractivity contribution is -0.0723. The van der Waals surface area contributed by atoms with Crippen LogP contribution in [0.15, 0.2) is 0 Å². The minimum Gasteiger partial charge on any atom is -0.373 e. The normalized spacial score (nSPS) is 41.2. The van der Waals surface area contributed by atoms with Crippen LogP contribution in [0.2, 0.25) is 0 Å². The molecule has 1 N–H and O–H groups in total. The average Bonchev–Trinajstić information content (AvgIpc) is 2.52. The summed E-state index contributed by atoms with van der Waals surface area (Å²) in [6.45, 7) is 12.6. The molecule has 0 bridgehead atoms. The molecule has 18 heavy (non-hydrogen) atoms. The van der Waals surface area contributed by atoms with Crippen LogP contribution in [0.1, 0.15) is 40.5 Å². The van der Waals surface area contributed by atoms with E-state index in [0.29, 0.717) is 23.7 Å². The highest BCUT2D eigenvalue weighted by molar-refractivity contribution is 4.96.